The van der Waals surface area contributed by atoms with E-state index < -0.39 is 23.9 Å². The van der Waals surface area contributed by atoms with E-state index in [1.807, 2.05) is 48.5 Å². The van der Waals surface area contributed by atoms with Gasteiger partial charge in [-0.3, -0.25) is 9.59 Å². The number of nitrogens with zero attached hydrogens (tertiary/aromatic N) is 2. The number of ketones is 2. The van der Waals surface area contributed by atoms with Gasteiger partial charge in [0.25, 0.3) is 0 Å². The Morgan fingerprint density at radius 2 is 1.46 bits per heavy atom. The summed E-state index contributed by atoms with van der Waals surface area (Å²) in [7, 11) is 0. The van der Waals surface area contributed by atoms with Gasteiger partial charge in [-0.05, 0) is 30.3 Å². The number of nitrogens with one attached hydrogen (secondary N) is 3. The minimum Gasteiger partial charge on any atom is -0.492 e. The topological polar surface area (TPSA) is 105 Å². The third-order valence-corrected chi connectivity index (χ3v) is 4.66. The molecule has 0 atom stereocenters. The highest BCUT2D eigenvalue weighted by molar-refractivity contribution is 6.41. The van der Waals surface area contributed by atoms with Gasteiger partial charge < -0.3 is 20.7 Å². The predicted octanol–water partition coefficient (Wildman–Crippen LogP) is 5.67. The van der Waals surface area contributed by atoms with Crippen LogP contribution in [0.4, 0.5) is 55.2 Å². The number of Topliss-reactive ketones (excluding diaryl/α,β-unsaturated/α-hetero) is 2. The lowest BCUT2D eigenvalue weighted by Gasteiger charge is -2.11. The van der Waals surface area contributed by atoms with E-state index in [4.69, 9.17) is 16.3 Å². The van der Waals surface area contributed by atoms with Crippen LogP contribution in [0.25, 0.3) is 0 Å². The van der Waals surface area contributed by atoms with Gasteiger partial charge in [-0.1, -0.05) is 23.7 Å². The van der Waals surface area contributed by atoms with Crippen molar-refractivity contribution in [1.29, 1.82) is 0 Å². The molecule has 1 aliphatic rings. The number of ether oxygens (including phenoxy) is 1. The van der Waals surface area contributed by atoms with Crippen LogP contribution in [0.1, 0.15) is 0 Å². The molecule has 0 saturated heterocycles. The summed E-state index contributed by atoms with van der Waals surface area (Å²) < 4.78 is 72.7. The van der Waals surface area contributed by atoms with Gasteiger partial charge in [0.2, 0.25) is 5.95 Å². The Balaban J connectivity index is 0.000000270. The first-order valence-electron chi connectivity index (χ1n) is 10.2. The van der Waals surface area contributed by atoms with E-state index in [9.17, 15) is 35.9 Å². The Morgan fingerprint density at radius 3 is 2.11 bits per heavy atom. The van der Waals surface area contributed by atoms with Crippen molar-refractivity contribution in [1.82, 2.24) is 9.97 Å². The summed E-state index contributed by atoms with van der Waals surface area (Å²) in [6, 6.07) is 15.6. The molecule has 15 heteroatoms. The first-order chi connectivity index (χ1) is 17.3. The fourth-order valence-corrected chi connectivity index (χ4v) is 2.91. The normalized spacial score (nSPS) is 13.1. The molecule has 0 radical (unpaired) electrons. The number of alkyl halides is 6. The second-order valence-corrected chi connectivity index (χ2v) is 7.58. The molecule has 0 saturated carbocycles. The van der Waals surface area contributed by atoms with E-state index in [1.165, 1.54) is 0 Å². The summed E-state index contributed by atoms with van der Waals surface area (Å²) >= 11 is 6.23. The van der Waals surface area contributed by atoms with Crippen LogP contribution in [0.3, 0.4) is 0 Å². The SMILES string of the molecule is Clc1cnc2nc1Nc1cccc(c1)NCCOc1cccc(c1)N2.O=C(C(=O)C(F)(F)F)C(F)(F)F. The minimum absolute atomic E-state index is 0.449. The van der Waals surface area contributed by atoms with Gasteiger partial charge in [0.05, 0.1) is 6.20 Å². The molecule has 0 unspecified atom stereocenters. The number of hydrogen-bond donors (Lipinski definition) is 3. The molecule has 8 nitrogen and oxygen atoms in total. The predicted molar refractivity (Wildman–Crippen MR) is 123 cm³/mol. The van der Waals surface area contributed by atoms with Crippen molar-refractivity contribution in [2.24, 2.45) is 0 Å². The van der Waals surface area contributed by atoms with E-state index in [1.54, 1.807) is 6.20 Å². The summed E-state index contributed by atoms with van der Waals surface area (Å²) in [4.78, 5) is 27.9. The molecule has 0 fully saturated rings. The molecule has 196 valence electrons. The Bertz CT molecular complexity index is 1260. The fourth-order valence-electron chi connectivity index (χ4n) is 2.77. The average molecular weight is 548 g/mol. The van der Waals surface area contributed by atoms with Gasteiger partial charge in [0, 0.05) is 29.7 Å². The molecule has 4 rings (SSSR count). The van der Waals surface area contributed by atoms with E-state index in [2.05, 4.69) is 25.9 Å². The number of aromatic nitrogens is 2. The van der Waals surface area contributed by atoms with E-state index in [-0.39, 0.29) is 0 Å². The molecule has 1 aliphatic heterocycles. The van der Waals surface area contributed by atoms with Crippen LogP contribution in [0, 0.1) is 0 Å². The van der Waals surface area contributed by atoms with Crippen LogP contribution in [-0.4, -0.2) is 47.0 Å². The third-order valence-electron chi connectivity index (χ3n) is 4.38. The number of rotatable bonds is 1. The molecule has 3 N–H and O–H groups in total. The lowest BCUT2D eigenvalue weighted by atomic mass is 10.2. The summed E-state index contributed by atoms with van der Waals surface area (Å²) in [6.07, 6.45) is -9.97. The van der Waals surface area contributed by atoms with E-state index in [0.29, 0.717) is 29.9 Å². The third kappa shape index (κ3) is 7.96. The standard InChI is InChI=1S/C18H16ClN5O.C4F6O2/c19-16-11-21-18-23-14-5-2-6-15(10-14)25-8-7-20-12-3-1-4-13(9-12)22-17(16)24-18;5-3(6,7)1(11)2(12)4(8,9)10/h1-6,9-11,20H,7-8H2,(H2,21,22,23,24);. The van der Waals surface area contributed by atoms with Gasteiger partial charge >= 0.3 is 23.9 Å². The zero-order valence-corrected chi connectivity index (χ0v) is 19.1. The smallest absolute Gasteiger partial charge is 0.458 e. The lowest BCUT2D eigenvalue weighted by molar-refractivity contribution is -0.193. The summed E-state index contributed by atoms with van der Waals surface area (Å²) in [5, 5.41) is 10.2. The highest BCUT2D eigenvalue weighted by Crippen LogP contribution is 2.27. The maximum Gasteiger partial charge on any atom is 0.458 e. The van der Waals surface area contributed by atoms with Crippen LogP contribution in [0.15, 0.2) is 54.7 Å². The monoisotopic (exact) mass is 547 g/mol. The highest BCUT2D eigenvalue weighted by Gasteiger charge is 2.54. The largest absolute Gasteiger partial charge is 0.492 e. The molecule has 0 spiro atoms. The lowest BCUT2D eigenvalue weighted by Crippen LogP contribution is -2.39. The molecule has 37 heavy (non-hydrogen) atoms. The van der Waals surface area contributed by atoms with Crippen LogP contribution in [0.5, 0.6) is 5.75 Å². The molecule has 2 aromatic carbocycles. The Labute approximate surface area is 210 Å². The zero-order valence-electron chi connectivity index (χ0n) is 18.4. The molecule has 2 heterocycles. The molecular formula is C22H16ClF6N5O3. The van der Waals surface area contributed by atoms with Crippen LogP contribution in [0.2, 0.25) is 5.02 Å². The second kappa shape index (κ2) is 11.3. The zero-order chi connectivity index (χ0) is 27.2. The summed E-state index contributed by atoms with van der Waals surface area (Å²) in [5.41, 5.74) is 2.71. The Morgan fingerprint density at radius 1 is 0.865 bits per heavy atom. The van der Waals surface area contributed by atoms with Crippen molar-refractivity contribution in [2.75, 3.05) is 29.1 Å². The van der Waals surface area contributed by atoms with Gasteiger partial charge in [0.15, 0.2) is 5.82 Å². The summed E-state index contributed by atoms with van der Waals surface area (Å²) in [5.74, 6) is -5.04. The first kappa shape index (κ1) is 27.5. The molecular weight excluding hydrogens is 532 g/mol. The Hall–Kier alpha value is -4.07. The van der Waals surface area contributed by atoms with Gasteiger partial charge in [-0.25, -0.2) is 4.98 Å². The van der Waals surface area contributed by atoms with Gasteiger partial charge in [-0.15, -0.1) is 0 Å². The quantitative estimate of drug-likeness (QED) is 0.264. The van der Waals surface area contributed by atoms with Gasteiger partial charge in [0.1, 0.15) is 17.4 Å². The van der Waals surface area contributed by atoms with Crippen molar-refractivity contribution < 1.29 is 40.7 Å². The van der Waals surface area contributed by atoms with Crippen molar-refractivity contribution in [3.63, 3.8) is 0 Å². The molecule has 0 aliphatic carbocycles. The summed E-state index contributed by atoms with van der Waals surface area (Å²) in [6.45, 7) is 1.24. The number of halogens is 7. The fraction of sp³-hybridized carbons (Fsp3) is 0.182. The van der Waals surface area contributed by atoms with Crippen LogP contribution < -0.4 is 20.7 Å². The molecule has 3 aromatic rings. The molecule has 1 aromatic heterocycles. The number of fused-ring (bicyclic) bond motifs is 6. The number of hydrogen-bond acceptors (Lipinski definition) is 8. The van der Waals surface area contributed by atoms with Crippen molar-refractivity contribution >= 4 is 52.0 Å². The van der Waals surface area contributed by atoms with Gasteiger partial charge in [-0.2, -0.15) is 31.3 Å². The van der Waals surface area contributed by atoms with Crippen LogP contribution >= 0.6 is 11.6 Å². The second-order valence-electron chi connectivity index (χ2n) is 7.18. The van der Waals surface area contributed by atoms with Crippen LogP contribution in [-0.2, 0) is 9.59 Å². The molecule has 6 bridgehead atoms. The maximum atomic E-state index is 11.2. The number of anilines is 5. The Kier molecular flexibility index (Phi) is 8.42. The van der Waals surface area contributed by atoms with Crippen molar-refractivity contribution in [3.05, 3.63) is 59.8 Å². The maximum absolute atomic E-state index is 11.2. The molecule has 0 amide bonds. The first-order valence-corrected chi connectivity index (χ1v) is 10.6. The van der Waals surface area contributed by atoms with Crippen molar-refractivity contribution in [3.8, 4) is 5.75 Å². The van der Waals surface area contributed by atoms with E-state index in [0.717, 1.165) is 22.8 Å². The number of carbonyl (C=O) groups excluding carboxylic acids is 2. The highest BCUT2D eigenvalue weighted by atomic mass is 35.5. The average Bonchev–Trinajstić information content (AvgIpc) is 2.82. The van der Waals surface area contributed by atoms with Crippen molar-refractivity contribution in [2.45, 2.75) is 12.4 Å². The minimum atomic E-state index is -5.77. The number of benzene rings is 2. The number of carbonyl (C=O) groups is 2. The van der Waals surface area contributed by atoms with E-state index >= 15 is 0 Å².